The number of rotatable bonds is 6. The summed E-state index contributed by atoms with van der Waals surface area (Å²) in [5.74, 6) is -0.621. The van der Waals surface area contributed by atoms with E-state index in [4.69, 9.17) is 18.0 Å². The maximum atomic E-state index is 14.4. The summed E-state index contributed by atoms with van der Waals surface area (Å²) < 4.78 is 14.6. The molecule has 110 valence electrons. The van der Waals surface area contributed by atoms with Crippen molar-refractivity contribution < 1.29 is 9.18 Å². The molecule has 0 saturated heterocycles. The van der Waals surface area contributed by atoms with Crippen molar-refractivity contribution in [1.82, 2.24) is 5.32 Å². The second-order valence-electron chi connectivity index (χ2n) is 4.09. The molecule has 0 unspecified atom stereocenters. The molecule has 0 bridgehead atoms. The lowest BCUT2D eigenvalue weighted by molar-refractivity contribution is -0.119. The van der Waals surface area contributed by atoms with Crippen LogP contribution in [0.25, 0.3) is 0 Å². The van der Waals surface area contributed by atoms with E-state index in [2.05, 4.69) is 21.2 Å². The molecule has 0 fully saturated rings. The van der Waals surface area contributed by atoms with Gasteiger partial charge in [-0.15, -0.1) is 0 Å². The molecule has 0 radical (unpaired) electrons. The van der Waals surface area contributed by atoms with Crippen molar-refractivity contribution in [2.75, 3.05) is 24.5 Å². The van der Waals surface area contributed by atoms with Crippen LogP contribution < -0.4 is 16.0 Å². The average Bonchev–Trinajstić information content (AvgIpc) is 2.39. The largest absolute Gasteiger partial charge is 0.389 e. The van der Waals surface area contributed by atoms with Crippen molar-refractivity contribution in [3.05, 3.63) is 28.0 Å². The van der Waals surface area contributed by atoms with Gasteiger partial charge < -0.3 is 16.0 Å². The minimum absolute atomic E-state index is 0.0973. The first-order valence-corrected chi connectivity index (χ1v) is 7.41. The van der Waals surface area contributed by atoms with E-state index in [1.807, 2.05) is 13.8 Å². The predicted octanol–water partition coefficient (Wildman–Crippen LogP) is 2.18. The smallest absolute Gasteiger partial charge is 0.239 e. The molecule has 7 heteroatoms. The van der Waals surface area contributed by atoms with Gasteiger partial charge >= 0.3 is 0 Å². The highest BCUT2D eigenvalue weighted by atomic mass is 79.9. The van der Waals surface area contributed by atoms with Gasteiger partial charge in [0.1, 0.15) is 4.99 Å². The van der Waals surface area contributed by atoms with Crippen molar-refractivity contribution in [2.45, 2.75) is 13.8 Å². The number of anilines is 1. The van der Waals surface area contributed by atoms with Crippen LogP contribution in [0.1, 0.15) is 19.4 Å². The summed E-state index contributed by atoms with van der Waals surface area (Å²) in [5, 5.41) is 2.69. The first-order chi connectivity index (χ1) is 9.42. The monoisotopic (exact) mass is 361 g/mol. The van der Waals surface area contributed by atoms with E-state index in [0.717, 1.165) is 0 Å². The van der Waals surface area contributed by atoms with E-state index in [0.29, 0.717) is 24.3 Å². The Kier molecular flexibility index (Phi) is 6.35. The number of benzene rings is 1. The van der Waals surface area contributed by atoms with Crippen molar-refractivity contribution in [3.8, 4) is 0 Å². The number of nitrogens with one attached hydrogen (secondary N) is 1. The fourth-order valence-electron chi connectivity index (χ4n) is 1.77. The zero-order valence-corrected chi connectivity index (χ0v) is 13.8. The molecule has 1 aromatic rings. The lowest BCUT2D eigenvalue weighted by atomic mass is 10.1. The lowest BCUT2D eigenvalue weighted by Crippen LogP contribution is -2.37. The normalized spacial score (nSPS) is 10.2. The number of nitrogens with two attached hydrogens (primary N) is 1. The third-order valence-corrected chi connectivity index (χ3v) is 3.75. The van der Waals surface area contributed by atoms with Crippen LogP contribution in [0.4, 0.5) is 10.1 Å². The Labute approximate surface area is 131 Å². The van der Waals surface area contributed by atoms with E-state index in [1.165, 1.54) is 0 Å². The van der Waals surface area contributed by atoms with E-state index in [1.54, 1.807) is 17.0 Å². The Morgan fingerprint density at radius 3 is 2.65 bits per heavy atom. The summed E-state index contributed by atoms with van der Waals surface area (Å²) >= 11 is 8.01. The van der Waals surface area contributed by atoms with Gasteiger partial charge in [0.2, 0.25) is 5.91 Å². The molecule has 1 rings (SSSR count). The van der Waals surface area contributed by atoms with E-state index in [9.17, 15) is 9.18 Å². The van der Waals surface area contributed by atoms with Crippen molar-refractivity contribution in [1.29, 1.82) is 0 Å². The van der Waals surface area contributed by atoms with Gasteiger partial charge in [-0.25, -0.2) is 4.39 Å². The zero-order valence-electron chi connectivity index (χ0n) is 11.4. The van der Waals surface area contributed by atoms with Crippen LogP contribution >= 0.6 is 28.1 Å². The van der Waals surface area contributed by atoms with Gasteiger partial charge in [-0.2, -0.15) is 0 Å². The maximum absolute atomic E-state index is 14.4. The number of thiocarbonyl (C=S) groups is 1. The lowest BCUT2D eigenvalue weighted by Gasteiger charge is -2.24. The minimum Gasteiger partial charge on any atom is -0.389 e. The van der Waals surface area contributed by atoms with Gasteiger partial charge in [0.15, 0.2) is 5.82 Å². The second-order valence-corrected chi connectivity index (χ2v) is 5.32. The first kappa shape index (κ1) is 16.8. The molecule has 20 heavy (non-hydrogen) atoms. The molecule has 0 aliphatic carbocycles. The number of likely N-dealkylation sites (N-methyl/N-ethyl adjacent to an activating group) is 2. The SMILES string of the molecule is CCNC(=O)CN(CC)c1ccc(C(N)=S)c(Br)c1F. The molecule has 0 saturated carbocycles. The molecule has 0 aliphatic rings. The summed E-state index contributed by atoms with van der Waals surface area (Å²) in [7, 11) is 0. The number of carbonyl (C=O) groups excluding carboxylic acids is 1. The van der Waals surface area contributed by atoms with Crippen molar-refractivity contribution in [3.63, 3.8) is 0 Å². The van der Waals surface area contributed by atoms with Crippen LogP contribution in [-0.4, -0.2) is 30.5 Å². The third-order valence-electron chi connectivity index (χ3n) is 2.76. The van der Waals surface area contributed by atoms with E-state index >= 15 is 0 Å². The highest BCUT2D eigenvalue weighted by molar-refractivity contribution is 9.10. The number of nitrogens with zero attached hydrogens (tertiary/aromatic N) is 1. The Bertz CT molecular complexity index is 525. The van der Waals surface area contributed by atoms with E-state index in [-0.39, 0.29) is 21.9 Å². The maximum Gasteiger partial charge on any atom is 0.239 e. The van der Waals surface area contributed by atoms with Crippen molar-refractivity contribution >= 4 is 44.7 Å². The standard InChI is InChI=1S/C13H17BrFN3OS/c1-3-17-10(19)7-18(4-2)9-6-5-8(13(16)20)11(14)12(9)15/h5-6H,3-4,7H2,1-2H3,(H2,16,20)(H,17,19). The molecular formula is C13H17BrFN3OS. The van der Waals surface area contributed by atoms with Gasteiger partial charge in [-0.1, -0.05) is 12.2 Å². The molecule has 1 amide bonds. The fourth-order valence-corrected chi connectivity index (χ4v) is 2.62. The Morgan fingerprint density at radius 2 is 2.15 bits per heavy atom. The molecule has 1 aromatic carbocycles. The summed E-state index contributed by atoms with van der Waals surface area (Å²) in [6.07, 6.45) is 0. The van der Waals surface area contributed by atoms with Gasteiger partial charge in [0, 0.05) is 18.7 Å². The molecular weight excluding hydrogens is 345 g/mol. The van der Waals surface area contributed by atoms with Crippen LogP contribution in [0.5, 0.6) is 0 Å². The fraction of sp³-hybridized carbons (Fsp3) is 0.385. The summed E-state index contributed by atoms with van der Waals surface area (Å²) in [5.41, 5.74) is 6.30. The summed E-state index contributed by atoms with van der Waals surface area (Å²) in [4.78, 5) is 13.4. The van der Waals surface area contributed by atoms with Crippen LogP contribution in [0.2, 0.25) is 0 Å². The van der Waals surface area contributed by atoms with Gasteiger partial charge in [0.05, 0.1) is 16.7 Å². The number of halogens is 2. The van der Waals surface area contributed by atoms with Crippen LogP contribution in [-0.2, 0) is 4.79 Å². The third kappa shape index (κ3) is 3.89. The number of hydrogen-bond donors (Lipinski definition) is 2. The summed E-state index contributed by atoms with van der Waals surface area (Å²) in [6.45, 7) is 4.84. The molecule has 0 aliphatic heterocycles. The molecule has 0 heterocycles. The highest BCUT2D eigenvalue weighted by Gasteiger charge is 2.18. The van der Waals surface area contributed by atoms with Crippen LogP contribution in [0.3, 0.4) is 0 Å². The Hall–Kier alpha value is -1.21. The predicted molar refractivity (Wildman–Crippen MR) is 86.6 cm³/mol. The Morgan fingerprint density at radius 1 is 1.50 bits per heavy atom. The number of carbonyl (C=O) groups is 1. The zero-order chi connectivity index (χ0) is 15.3. The Balaban J connectivity index is 3.08. The average molecular weight is 362 g/mol. The number of hydrogen-bond acceptors (Lipinski definition) is 3. The summed E-state index contributed by atoms with van der Waals surface area (Å²) in [6, 6.07) is 3.22. The second kappa shape index (κ2) is 7.54. The van der Waals surface area contributed by atoms with Gasteiger partial charge in [-0.05, 0) is 41.9 Å². The van der Waals surface area contributed by atoms with Crippen LogP contribution in [0, 0.1) is 5.82 Å². The molecule has 0 aromatic heterocycles. The van der Waals surface area contributed by atoms with Gasteiger partial charge in [-0.3, -0.25) is 4.79 Å². The molecule has 0 atom stereocenters. The van der Waals surface area contributed by atoms with Crippen LogP contribution in [0.15, 0.2) is 16.6 Å². The topological polar surface area (TPSA) is 58.4 Å². The molecule has 3 N–H and O–H groups in total. The van der Waals surface area contributed by atoms with E-state index < -0.39 is 5.82 Å². The first-order valence-electron chi connectivity index (χ1n) is 6.21. The van der Waals surface area contributed by atoms with Crippen molar-refractivity contribution in [2.24, 2.45) is 5.73 Å². The quantitative estimate of drug-likeness (QED) is 0.762. The van der Waals surface area contributed by atoms with Gasteiger partial charge in [0.25, 0.3) is 0 Å². The molecule has 0 spiro atoms. The number of amides is 1. The highest BCUT2D eigenvalue weighted by Crippen LogP contribution is 2.29. The minimum atomic E-state index is -0.471. The molecule has 4 nitrogen and oxygen atoms in total.